The summed E-state index contributed by atoms with van der Waals surface area (Å²) in [5.74, 6) is -0.517. The minimum absolute atomic E-state index is 0. The second-order valence-corrected chi connectivity index (χ2v) is 38.2. The highest BCUT2D eigenvalue weighted by atomic mass is 32.7. The van der Waals surface area contributed by atoms with Crippen LogP contribution in [-0.4, -0.2) is 123 Å². The molecule has 14 unspecified atom stereocenters. The van der Waals surface area contributed by atoms with Crippen LogP contribution in [0.1, 0.15) is 102 Å². The van der Waals surface area contributed by atoms with Crippen molar-refractivity contribution in [2.45, 2.75) is 144 Å². The van der Waals surface area contributed by atoms with Gasteiger partial charge in [0.1, 0.15) is 14.0 Å². The zero-order chi connectivity index (χ0) is 46.7. The van der Waals surface area contributed by atoms with E-state index in [4.69, 9.17) is 72.4 Å². The zero-order valence-corrected chi connectivity index (χ0v) is 52.2. The van der Waals surface area contributed by atoms with Crippen molar-refractivity contribution in [1.82, 2.24) is 0 Å². The van der Waals surface area contributed by atoms with Gasteiger partial charge in [-0.2, -0.15) is 9.90 Å². The Morgan fingerprint density at radius 2 is 1.07 bits per heavy atom. The van der Waals surface area contributed by atoms with Gasteiger partial charge in [0.15, 0.2) is 0 Å². The summed E-state index contributed by atoms with van der Waals surface area (Å²) in [6, 6.07) is -0.510. The SMILES string of the molecule is C.C.CC.CC.CC.CC.P.PP.PP(P)P.PP(P)P.[B][B][C@H]1CC(OP(=O)(OC)OC[C@H]2O[C@@H]([B])CC2OC)[C@@H](COP(=O)(OC)OC2C[C@H](B([B])[B])C[C@@H]2COC)C1. The Morgan fingerprint density at radius 3 is 1.43 bits per heavy atom. The van der Waals surface area contributed by atoms with Gasteiger partial charge in [-0.15, -0.1) is 71.4 Å². The molecule has 20 atom stereocenters. The average molecular weight is 1100 g/mol. The Hall–Kier alpha value is 5.22. The lowest BCUT2D eigenvalue weighted by Gasteiger charge is -2.28. The normalized spacial score (nSPS) is 26.1. The van der Waals surface area contributed by atoms with Crippen LogP contribution in [-0.2, 0) is 50.5 Å². The van der Waals surface area contributed by atoms with Crippen molar-refractivity contribution in [2.75, 3.05) is 48.3 Å². The number of rotatable bonds is 17. The lowest BCUT2D eigenvalue weighted by atomic mass is 9.14. The maximum Gasteiger partial charge on any atom is 0.474 e. The molecule has 1 aliphatic heterocycles. The van der Waals surface area contributed by atoms with E-state index >= 15 is 0 Å². The third kappa shape index (κ3) is 40.5. The van der Waals surface area contributed by atoms with Crippen LogP contribution >= 0.6 is 111 Å². The molecule has 0 spiro atoms. The highest BCUT2D eigenvalue weighted by molar-refractivity contribution is 8.66. The van der Waals surface area contributed by atoms with Crippen LogP contribution in [0, 0.1) is 11.8 Å². The first kappa shape index (κ1) is 83.1. The fourth-order valence-corrected chi connectivity index (χ4v) is 8.02. The Bertz CT molecular complexity index is 996. The third-order valence-corrected chi connectivity index (χ3v) is 10.8. The summed E-state index contributed by atoms with van der Waals surface area (Å²) in [6.07, 6.45) is 0.639. The fourth-order valence-electron chi connectivity index (χ4n) is 5.63. The molecule has 0 amide bonds. The molecule has 3 fully saturated rings. The van der Waals surface area contributed by atoms with E-state index in [1.807, 2.05) is 55.4 Å². The van der Waals surface area contributed by atoms with Crippen molar-refractivity contribution in [1.29, 1.82) is 0 Å². The minimum Gasteiger partial charge on any atom is -0.384 e. The summed E-state index contributed by atoms with van der Waals surface area (Å²) in [7, 11) is 43.1. The van der Waals surface area contributed by atoms with Gasteiger partial charge in [0.25, 0.3) is 0 Å². The predicted molar refractivity (Wildman–Crippen MR) is 316 cm³/mol. The van der Waals surface area contributed by atoms with Crippen LogP contribution in [0.25, 0.3) is 0 Å². The Balaban J connectivity index is -0.000000193. The molecule has 2 aliphatic carbocycles. The lowest BCUT2D eigenvalue weighted by Crippen LogP contribution is -2.29. The zero-order valence-electron chi connectivity index (χ0n) is 37.9. The molecule has 0 bridgehead atoms. The molecule has 1 saturated heterocycles. The molecular weight excluding hydrogens is 1020 g/mol. The summed E-state index contributed by atoms with van der Waals surface area (Å²) in [4.78, 5) is 0. The van der Waals surface area contributed by atoms with Crippen LogP contribution in [0.3, 0.4) is 0 Å². The van der Waals surface area contributed by atoms with Gasteiger partial charge in [0.05, 0.1) is 45.3 Å². The van der Waals surface area contributed by atoms with Crippen molar-refractivity contribution in [3.63, 3.8) is 0 Å². The van der Waals surface area contributed by atoms with Gasteiger partial charge in [-0.25, -0.2) is 9.13 Å². The van der Waals surface area contributed by atoms with E-state index in [1.165, 1.54) is 21.3 Å². The second-order valence-electron chi connectivity index (χ2n) is 11.5. The van der Waals surface area contributed by atoms with E-state index in [-0.39, 0.29) is 81.5 Å². The standard InChI is InChI=1S/C21H37B6O11P2.4C2H6.2CH4.2H6P4.H4P2.H3P/c1-30-10-14-6-16(27(24)25)8-18(14)38-39(28,32-3)34-11-13-5-15(26-23)7-17(13)37-40(29,33-4)35-12-20-19(31-2)9-21(22)36-20;4*1-2;;;2*1-4(2)3;1-2;/h13-21H,5-12H2,1-4H3;4*1-2H3;2*1H4;2*1-3H2;1-2H2;1H3/t13-,14-,15-,16-,17?,18?,19?,20-,21-,39?,40?;;;;;;;;;;/m1........../s1. The molecule has 2 saturated carbocycles. The van der Waals surface area contributed by atoms with Gasteiger partial charge in [-0.1, -0.05) is 94.7 Å². The maximum absolute atomic E-state index is 13.5. The summed E-state index contributed by atoms with van der Waals surface area (Å²) < 4.78 is 76.6. The van der Waals surface area contributed by atoms with Crippen molar-refractivity contribution >= 4 is 156 Å². The largest absolute Gasteiger partial charge is 0.474 e. The molecule has 30 heteroatoms. The Kier molecular flexibility index (Phi) is 72.2. The smallest absolute Gasteiger partial charge is 0.384 e. The number of phosphoric ester groups is 2. The molecule has 361 valence electrons. The molecule has 61 heavy (non-hydrogen) atoms. The van der Waals surface area contributed by atoms with Crippen LogP contribution in [0.2, 0.25) is 11.6 Å². The van der Waals surface area contributed by atoms with E-state index in [0.717, 1.165) is 0 Å². The summed E-state index contributed by atoms with van der Waals surface area (Å²) in [6.45, 7) is 15.9. The number of hydrogen-bond donors (Lipinski definition) is 0. The predicted octanol–water partition coefficient (Wildman–Crippen LogP) is 11.6. The highest BCUT2D eigenvalue weighted by Gasteiger charge is 2.45. The molecule has 0 N–H and O–H groups in total. The van der Waals surface area contributed by atoms with Gasteiger partial charge >= 0.3 is 15.6 Å². The van der Waals surface area contributed by atoms with Crippen molar-refractivity contribution < 1.29 is 50.5 Å². The van der Waals surface area contributed by atoms with Crippen LogP contribution in [0.5, 0.6) is 0 Å². The third-order valence-electron chi connectivity index (χ3n) is 7.88. The first-order valence-corrected chi connectivity index (χ1v) is 37.3. The van der Waals surface area contributed by atoms with E-state index in [9.17, 15) is 9.13 Å². The van der Waals surface area contributed by atoms with Gasteiger partial charge in [-0.05, 0) is 33.2 Å². The molecule has 9 radical (unpaired) electrons. The van der Waals surface area contributed by atoms with Gasteiger partial charge in [0.2, 0.25) is 0 Å². The molecule has 0 aromatic rings. The maximum atomic E-state index is 13.5. The van der Waals surface area contributed by atoms with Gasteiger partial charge in [-0.3, -0.25) is 27.1 Å². The molecule has 1 heterocycles. The Labute approximate surface area is 408 Å². The lowest BCUT2D eigenvalue weighted by molar-refractivity contribution is -0.0286. The summed E-state index contributed by atoms with van der Waals surface area (Å²) in [5, 5.41) is 0. The first-order chi connectivity index (χ1) is 27.4. The number of ether oxygens (including phenoxy) is 3. The van der Waals surface area contributed by atoms with E-state index in [2.05, 4.69) is 71.4 Å². The molecule has 0 aromatic carbocycles. The molecule has 0 aromatic heterocycles. The number of hydrogen-bond acceptors (Lipinski definition) is 11. The van der Waals surface area contributed by atoms with Crippen LogP contribution < -0.4 is 0 Å². The van der Waals surface area contributed by atoms with E-state index < -0.39 is 46.5 Å². The minimum atomic E-state index is -4.02. The van der Waals surface area contributed by atoms with Crippen molar-refractivity contribution in [2.24, 2.45) is 11.8 Å². The quantitative estimate of drug-likeness (QED) is 0.102. The molecule has 3 aliphatic rings. The van der Waals surface area contributed by atoms with Gasteiger partial charge < -0.3 is 14.2 Å². The monoisotopic (exact) mass is 1110 g/mol. The van der Waals surface area contributed by atoms with Gasteiger partial charge in [0, 0.05) is 76.0 Å². The Morgan fingerprint density at radius 1 is 0.672 bits per heavy atom. The molecule has 11 nitrogen and oxygen atoms in total. The summed E-state index contributed by atoms with van der Waals surface area (Å²) in [5.41, 5.74) is 0. The number of methoxy groups -OCH3 is 2. The van der Waals surface area contributed by atoms with Crippen LogP contribution in [0.15, 0.2) is 0 Å². The molecule has 3 rings (SSSR count). The number of phosphoric acid groups is 2. The van der Waals surface area contributed by atoms with Crippen molar-refractivity contribution in [3.8, 4) is 0 Å². The average Bonchev–Trinajstić information content (AvgIpc) is 3.92. The second kappa shape index (κ2) is 53.0. The van der Waals surface area contributed by atoms with Crippen LogP contribution in [0.4, 0.5) is 0 Å². The fraction of sp³-hybridized carbons (Fsp3) is 1.00. The first-order valence-electron chi connectivity index (χ1n) is 19.3. The van der Waals surface area contributed by atoms with E-state index in [0.29, 0.717) is 38.7 Å². The highest BCUT2D eigenvalue weighted by Crippen LogP contribution is 2.60. The topological polar surface area (TPSA) is 117 Å². The van der Waals surface area contributed by atoms with Crippen molar-refractivity contribution in [3.05, 3.63) is 0 Å². The molecular formula is C31H88B6O11P13. The summed E-state index contributed by atoms with van der Waals surface area (Å²) >= 11 is 0. The van der Waals surface area contributed by atoms with E-state index in [1.54, 1.807) is 14.3 Å².